The minimum atomic E-state index is -3.17. The minimum absolute atomic E-state index is 0.0795. The maximum Gasteiger partial charge on any atom is 0.339 e. The molecule has 0 spiro atoms. The van der Waals surface area contributed by atoms with E-state index in [0.717, 1.165) is 0 Å². The predicted molar refractivity (Wildman–Crippen MR) is 70.1 cm³/mol. The highest BCUT2D eigenvalue weighted by Crippen LogP contribution is 2.50. The van der Waals surface area contributed by atoms with E-state index in [0.29, 0.717) is 24.5 Å². The van der Waals surface area contributed by atoms with Crippen LogP contribution >= 0.6 is 7.60 Å². The van der Waals surface area contributed by atoms with E-state index < -0.39 is 13.6 Å². The van der Waals surface area contributed by atoms with Gasteiger partial charge in [0.1, 0.15) is 0 Å². The molecule has 0 aromatic carbocycles. The summed E-state index contributed by atoms with van der Waals surface area (Å²) in [5, 5.41) is 0. The Balaban J connectivity index is 2.80. The number of methoxy groups -OCH3 is 1. The summed E-state index contributed by atoms with van der Waals surface area (Å²) in [6, 6.07) is 3.17. The van der Waals surface area contributed by atoms with E-state index >= 15 is 0 Å². The molecule has 106 valence electrons. The number of pyridine rings is 1. The van der Waals surface area contributed by atoms with Gasteiger partial charge in [-0.05, 0) is 26.0 Å². The lowest BCUT2D eigenvalue weighted by Gasteiger charge is -2.16. The van der Waals surface area contributed by atoms with E-state index in [1.54, 1.807) is 26.0 Å². The normalized spacial score (nSPS) is 11.3. The van der Waals surface area contributed by atoms with Crippen molar-refractivity contribution in [2.75, 3.05) is 20.3 Å². The Bertz CT molecular complexity index is 450. The molecule has 0 fully saturated rings. The van der Waals surface area contributed by atoms with Crippen LogP contribution in [0.25, 0.3) is 0 Å². The summed E-state index contributed by atoms with van der Waals surface area (Å²) in [4.78, 5) is 15.3. The van der Waals surface area contributed by atoms with Gasteiger partial charge in [0.15, 0.2) is 0 Å². The number of hydrogen-bond donors (Lipinski definition) is 0. The molecule has 6 nitrogen and oxygen atoms in total. The van der Waals surface area contributed by atoms with Crippen molar-refractivity contribution in [3.05, 3.63) is 29.6 Å². The van der Waals surface area contributed by atoms with Gasteiger partial charge in [0, 0.05) is 6.20 Å². The van der Waals surface area contributed by atoms with E-state index in [2.05, 4.69) is 9.72 Å². The van der Waals surface area contributed by atoms with Gasteiger partial charge in [0.2, 0.25) is 0 Å². The molecule has 0 radical (unpaired) electrons. The molecule has 0 aliphatic carbocycles. The number of hydrogen-bond acceptors (Lipinski definition) is 6. The molecular formula is C12H18NO5P. The number of rotatable bonds is 7. The van der Waals surface area contributed by atoms with Crippen LogP contribution < -0.4 is 0 Å². The molecule has 0 aliphatic rings. The number of esters is 1. The predicted octanol–water partition coefficient (Wildman–Crippen LogP) is 2.63. The molecule has 0 saturated heterocycles. The molecule has 1 aromatic heterocycles. The standard InChI is InChI=1S/C12H18NO5P/c1-4-17-19(15,18-5-2)9-11-7-6-10(8-13-11)12(14)16-3/h6-8H,4-5,9H2,1-3H3. The first kappa shape index (κ1) is 15.8. The Morgan fingerprint density at radius 2 is 1.89 bits per heavy atom. The molecule has 1 aromatic rings. The van der Waals surface area contributed by atoms with Crippen molar-refractivity contribution < 1.29 is 23.1 Å². The van der Waals surface area contributed by atoms with Crippen LogP contribution in [0.5, 0.6) is 0 Å². The summed E-state index contributed by atoms with van der Waals surface area (Å²) in [7, 11) is -1.87. The first-order valence-corrected chi connectivity index (χ1v) is 7.68. The van der Waals surface area contributed by atoms with Gasteiger partial charge in [-0.3, -0.25) is 9.55 Å². The second-order valence-corrected chi connectivity index (χ2v) is 5.69. The number of ether oxygens (including phenoxy) is 1. The highest BCUT2D eigenvalue weighted by atomic mass is 31.2. The maximum atomic E-state index is 12.3. The molecule has 0 amide bonds. The van der Waals surface area contributed by atoms with Crippen molar-refractivity contribution in [3.63, 3.8) is 0 Å². The second kappa shape index (κ2) is 7.38. The van der Waals surface area contributed by atoms with Crippen LogP contribution in [0.3, 0.4) is 0 Å². The van der Waals surface area contributed by atoms with Gasteiger partial charge < -0.3 is 13.8 Å². The molecule has 0 atom stereocenters. The van der Waals surface area contributed by atoms with Crippen LogP contribution in [-0.2, 0) is 24.5 Å². The third-order valence-electron chi connectivity index (χ3n) is 2.25. The van der Waals surface area contributed by atoms with Gasteiger partial charge in [0.05, 0.1) is 37.7 Å². The maximum absolute atomic E-state index is 12.3. The molecule has 0 bridgehead atoms. The summed E-state index contributed by atoms with van der Waals surface area (Å²) < 4.78 is 27.2. The van der Waals surface area contributed by atoms with Crippen molar-refractivity contribution >= 4 is 13.6 Å². The highest BCUT2D eigenvalue weighted by molar-refractivity contribution is 7.53. The molecule has 7 heteroatoms. The Kier molecular flexibility index (Phi) is 6.15. The number of carbonyl (C=O) groups is 1. The smallest absolute Gasteiger partial charge is 0.339 e. The topological polar surface area (TPSA) is 74.7 Å². The van der Waals surface area contributed by atoms with Gasteiger partial charge in [0.25, 0.3) is 0 Å². The van der Waals surface area contributed by atoms with E-state index in [-0.39, 0.29) is 6.16 Å². The number of nitrogens with zero attached hydrogens (tertiary/aromatic N) is 1. The molecule has 0 N–H and O–H groups in total. The Morgan fingerprint density at radius 1 is 1.26 bits per heavy atom. The molecule has 1 rings (SSSR count). The van der Waals surface area contributed by atoms with Crippen molar-refractivity contribution in [2.45, 2.75) is 20.0 Å². The second-order valence-electron chi connectivity index (χ2n) is 3.63. The van der Waals surface area contributed by atoms with Crippen molar-refractivity contribution in [1.82, 2.24) is 4.98 Å². The lowest BCUT2D eigenvalue weighted by atomic mass is 10.2. The van der Waals surface area contributed by atoms with Crippen LogP contribution in [0.15, 0.2) is 18.3 Å². The third kappa shape index (κ3) is 4.74. The Morgan fingerprint density at radius 3 is 2.32 bits per heavy atom. The van der Waals surface area contributed by atoms with Gasteiger partial charge >= 0.3 is 13.6 Å². The van der Waals surface area contributed by atoms with Gasteiger partial charge in [-0.1, -0.05) is 0 Å². The highest BCUT2D eigenvalue weighted by Gasteiger charge is 2.24. The Labute approximate surface area is 112 Å². The van der Waals surface area contributed by atoms with Crippen LogP contribution in [0.1, 0.15) is 29.9 Å². The molecule has 0 unspecified atom stereocenters. The van der Waals surface area contributed by atoms with E-state index in [4.69, 9.17) is 9.05 Å². The Hall–Kier alpha value is -1.23. The van der Waals surface area contributed by atoms with Crippen LogP contribution in [0.2, 0.25) is 0 Å². The SMILES string of the molecule is CCOP(=O)(Cc1ccc(C(=O)OC)cn1)OCC. The third-order valence-corrected chi connectivity index (χ3v) is 4.27. The molecule has 0 aliphatic heterocycles. The summed E-state index contributed by atoms with van der Waals surface area (Å²) in [5.74, 6) is -0.461. The average Bonchev–Trinajstić information content (AvgIpc) is 2.39. The zero-order chi connectivity index (χ0) is 14.3. The monoisotopic (exact) mass is 287 g/mol. The van der Waals surface area contributed by atoms with Crippen LogP contribution in [0, 0.1) is 0 Å². The molecule has 19 heavy (non-hydrogen) atoms. The minimum Gasteiger partial charge on any atom is -0.465 e. The summed E-state index contributed by atoms with van der Waals surface area (Å²) in [6.45, 7) is 4.11. The zero-order valence-corrected chi connectivity index (χ0v) is 12.2. The van der Waals surface area contributed by atoms with Gasteiger partial charge in [-0.15, -0.1) is 0 Å². The first-order valence-electron chi connectivity index (χ1n) is 5.96. The molecule has 1 heterocycles. The van der Waals surface area contributed by atoms with Crippen molar-refractivity contribution in [3.8, 4) is 0 Å². The average molecular weight is 287 g/mol. The summed E-state index contributed by atoms with van der Waals surface area (Å²) in [5.41, 5.74) is 0.881. The zero-order valence-electron chi connectivity index (χ0n) is 11.3. The molecule has 0 saturated carbocycles. The molecular weight excluding hydrogens is 269 g/mol. The quantitative estimate of drug-likeness (QED) is 0.567. The van der Waals surface area contributed by atoms with Gasteiger partial charge in [-0.25, -0.2) is 4.79 Å². The van der Waals surface area contributed by atoms with E-state index in [9.17, 15) is 9.36 Å². The fourth-order valence-corrected chi connectivity index (χ4v) is 3.10. The van der Waals surface area contributed by atoms with Gasteiger partial charge in [-0.2, -0.15) is 0 Å². The lowest BCUT2D eigenvalue weighted by Crippen LogP contribution is -2.04. The van der Waals surface area contributed by atoms with Crippen LogP contribution in [-0.4, -0.2) is 31.3 Å². The summed E-state index contributed by atoms with van der Waals surface area (Å²) >= 11 is 0. The first-order chi connectivity index (χ1) is 9.04. The van der Waals surface area contributed by atoms with Crippen LogP contribution in [0.4, 0.5) is 0 Å². The fraction of sp³-hybridized carbons (Fsp3) is 0.500. The van der Waals surface area contributed by atoms with Crippen molar-refractivity contribution in [2.24, 2.45) is 0 Å². The number of aromatic nitrogens is 1. The van der Waals surface area contributed by atoms with E-state index in [1.165, 1.54) is 13.3 Å². The summed E-state index contributed by atoms with van der Waals surface area (Å²) in [6.07, 6.45) is 1.46. The van der Waals surface area contributed by atoms with Crippen molar-refractivity contribution in [1.29, 1.82) is 0 Å². The largest absolute Gasteiger partial charge is 0.465 e. The lowest BCUT2D eigenvalue weighted by molar-refractivity contribution is 0.0600. The number of carbonyl (C=O) groups excluding carboxylic acids is 1. The van der Waals surface area contributed by atoms with E-state index in [1.807, 2.05) is 0 Å². The fourth-order valence-electron chi connectivity index (χ4n) is 1.48.